The summed E-state index contributed by atoms with van der Waals surface area (Å²) >= 11 is 0. The van der Waals surface area contributed by atoms with E-state index in [2.05, 4.69) is 269 Å². The standard InChI is InChI=1S/C73H51N/c1-71(2)62-31-14-9-24-51(62)56-39-37-45(41-67(56)71)74(44-36-38-50-48-22-6-5-20-46(48)47-21-7-8-23-49(47)59(50)40-44)69-43-68-60(42-61(69)58-30-19-29-57-54-27-10-15-32-63(54)72(3,4)70(57)58)55-28-13-18-35-66(55)73(68)64-33-16-11-25-52(64)53-26-12-17-34-65(53)73/h5-43H,1-4H3. The quantitative estimate of drug-likeness (QED) is 0.159. The van der Waals surface area contributed by atoms with Crippen molar-refractivity contribution in [2.24, 2.45) is 0 Å². The van der Waals surface area contributed by atoms with Gasteiger partial charge in [-0.05, 0) is 163 Å². The number of hydrogen-bond donors (Lipinski definition) is 0. The molecule has 0 bridgehead atoms. The fraction of sp³-hybridized carbons (Fsp3) is 0.0959. The van der Waals surface area contributed by atoms with E-state index in [-0.39, 0.29) is 10.8 Å². The van der Waals surface area contributed by atoms with Crippen molar-refractivity contribution in [1.82, 2.24) is 0 Å². The minimum absolute atomic E-state index is 0.202. The van der Waals surface area contributed by atoms with Gasteiger partial charge in [0, 0.05) is 27.8 Å². The molecule has 4 aliphatic rings. The molecule has 16 rings (SSSR count). The number of nitrogens with zero attached hydrogens (tertiary/aromatic N) is 1. The molecular weight excluding hydrogens is 891 g/mol. The molecule has 0 unspecified atom stereocenters. The van der Waals surface area contributed by atoms with Gasteiger partial charge in [-0.2, -0.15) is 0 Å². The first kappa shape index (κ1) is 41.8. The van der Waals surface area contributed by atoms with Crippen LogP contribution in [0.15, 0.2) is 237 Å². The highest BCUT2D eigenvalue weighted by molar-refractivity contribution is 6.26. The van der Waals surface area contributed by atoms with Gasteiger partial charge >= 0.3 is 0 Å². The molecule has 12 aromatic carbocycles. The highest BCUT2D eigenvalue weighted by Gasteiger charge is 2.52. The van der Waals surface area contributed by atoms with Gasteiger partial charge in [-0.3, -0.25) is 0 Å². The maximum atomic E-state index is 2.64. The Kier molecular flexibility index (Phi) is 8.29. The number of hydrogen-bond acceptors (Lipinski definition) is 1. The molecule has 0 atom stereocenters. The summed E-state index contributed by atoms with van der Waals surface area (Å²) in [7, 11) is 0. The summed E-state index contributed by atoms with van der Waals surface area (Å²) in [6, 6.07) is 90.6. The lowest BCUT2D eigenvalue weighted by atomic mass is 9.70. The van der Waals surface area contributed by atoms with Crippen LogP contribution in [0.2, 0.25) is 0 Å². The molecule has 0 saturated carbocycles. The summed E-state index contributed by atoms with van der Waals surface area (Å²) in [5, 5.41) is 7.60. The molecule has 0 aromatic heterocycles. The van der Waals surface area contributed by atoms with Crippen molar-refractivity contribution in [1.29, 1.82) is 0 Å². The van der Waals surface area contributed by atoms with E-state index in [1.807, 2.05) is 0 Å². The van der Waals surface area contributed by atoms with Crippen LogP contribution in [0.25, 0.3) is 88.0 Å². The van der Waals surface area contributed by atoms with Gasteiger partial charge < -0.3 is 4.90 Å². The van der Waals surface area contributed by atoms with E-state index in [0.29, 0.717) is 0 Å². The van der Waals surface area contributed by atoms with Gasteiger partial charge in [0.1, 0.15) is 0 Å². The molecule has 0 amide bonds. The van der Waals surface area contributed by atoms with E-state index in [4.69, 9.17) is 0 Å². The van der Waals surface area contributed by atoms with Crippen LogP contribution in [0.1, 0.15) is 72.2 Å². The highest BCUT2D eigenvalue weighted by Crippen LogP contribution is 2.65. The van der Waals surface area contributed by atoms with E-state index >= 15 is 0 Å². The van der Waals surface area contributed by atoms with Crippen molar-refractivity contribution in [3.63, 3.8) is 0 Å². The Hall–Kier alpha value is -8.78. The minimum atomic E-state index is -0.535. The Morgan fingerprint density at radius 1 is 0.243 bits per heavy atom. The minimum Gasteiger partial charge on any atom is -0.310 e. The van der Waals surface area contributed by atoms with Crippen LogP contribution in [0, 0.1) is 0 Å². The van der Waals surface area contributed by atoms with Crippen LogP contribution in [0.3, 0.4) is 0 Å². The first-order valence-corrected chi connectivity index (χ1v) is 26.3. The summed E-state index contributed by atoms with van der Waals surface area (Å²) in [4.78, 5) is 2.64. The number of fused-ring (bicyclic) bond motifs is 22. The van der Waals surface area contributed by atoms with Crippen LogP contribution < -0.4 is 4.90 Å². The molecule has 1 heteroatoms. The second-order valence-corrected chi connectivity index (χ2v) is 22.3. The zero-order chi connectivity index (χ0) is 49.2. The molecule has 0 fully saturated rings. The predicted molar refractivity (Wildman–Crippen MR) is 311 cm³/mol. The molecule has 348 valence electrons. The average Bonchev–Trinajstić information content (AvgIpc) is 4.08. The van der Waals surface area contributed by atoms with Crippen molar-refractivity contribution in [2.75, 3.05) is 4.90 Å². The van der Waals surface area contributed by atoms with Gasteiger partial charge in [0.05, 0.1) is 11.1 Å². The second kappa shape index (κ2) is 14.7. The maximum Gasteiger partial charge on any atom is 0.0726 e. The fourth-order valence-corrected chi connectivity index (χ4v) is 14.9. The van der Waals surface area contributed by atoms with Crippen LogP contribution in [-0.2, 0) is 16.2 Å². The second-order valence-electron chi connectivity index (χ2n) is 22.3. The van der Waals surface area contributed by atoms with Crippen molar-refractivity contribution in [3.05, 3.63) is 281 Å². The average molecular weight is 942 g/mol. The molecule has 0 N–H and O–H groups in total. The van der Waals surface area contributed by atoms with Gasteiger partial charge in [-0.1, -0.05) is 228 Å². The van der Waals surface area contributed by atoms with E-state index in [1.54, 1.807) is 0 Å². The summed E-state index contributed by atoms with van der Waals surface area (Å²) in [6.45, 7) is 9.68. The molecule has 1 spiro atoms. The Labute approximate surface area is 432 Å². The van der Waals surface area contributed by atoms with E-state index < -0.39 is 5.41 Å². The Morgan fingerprint density at radius 2 is 0.635 bits per heavy atom. The van der Waals surface area contributed by atoms with Gasteiger partial charge in [-0.15, -0.1) is 0 Å². The van der Waals surface area contributed by atoms with Crippen LogP contribution in [-0.4, -0.2) is 0 Å². The third-order valence-electron chi connectivity index (χ3n) is 18.0. The van der Waals surface area contributed by atoms with Crippen molar-refractivity contribution in [2.45, 2.75) is 43.9 Å². The Balaban J connectivity index is 1.07. The molecule has 4 aliphatic carbocycles. The molecule has 74 heavy (non-hydrogen) atoms. The smallest absolute Gasteiger partial charge is 0.0726 e. The SMILES string of the molecule is CC1(C)c2ccccc2-c2ccc(N(c3ccc4c5ccccc5c5ccccc5c4c3)c3cc4c(cc3-c3cccc5c3C(C)(C)c3ccccc3-5)-c3ccccc3C43c4ccccc4-c4ccccc43)cc21. The predicted octanol–water partition coefficient (Wildman–Crippen LogP) is 19.2. The zero-order valence-corrected chi connectivity index (χ0v) is 42.0. The van der Waals surface area contributed by atoms with Crippen molar-refractivity contribution in [3.8, 4) is 55.6 Å². The van der Waals surface area contributed by atoms with E-state index in [1.165, 1.54) is 132 Å². The fourth-order valence-electron chi connectivity index (χ4n) is 14.9. The first-order chi connectivity index (χ1) is 36.2. The summed E-state index contributed by atoms with van der Waals surface area (Å²) in [5.41, 5.74) is 26.2. The van der Waals surface area contributed by atoms with Gasteiger partial charge in [0.15, 0.2) is 0 Å². The van der Waals surface area contributed by atoms with Gasteiger partial charge in [0.25, 0.3) is 0 Å². The van der Waals surface area contributed by atoms with Gasteiger partial charge in [0.2, 0.25) is 0 Å². The molecule has 0 aliphatic heterocycles. The van der Waals surface area contributed by atoms with E-state index in [9.17, 15) is 0 Å². The topological polar surface area (TPSA) is 3.24 Å². The number of anilines is 3. The lowest BCUT2D eigenvalue weighted by Crippen LogP contribution is -2.26. The lowest BCUT2D eigenvalue weighted by Gasteiger charge is -2.34. The summed E-state index contributed by atoms with van der Waals surface area (Å²) < 4.78 is 0. The van der Waals surface area contributed by atoms with Crippen molar-refractivity contribution >= 4 is 49.4 Å². The molecule has 0 radical (unpaired) electrons. The zero-order valence-electron chi connectivity index (χ0n) is 42.0. The largest absolute Gasteiger partial charge is 0.310 e. The third-order valence-corrected chi connectivity index (χ3v) is 18.0. The molecule has 0 heterocycles. The summed E-state index contributed by atoms with van der Waals surface area (Å²) in [6.07, 6.45) is 0. The maximum absolute atomic E-state index is 2.64. The molecule has 1 nitrogen and oxygen atoms in total. The van der Waals surface area contributed by atoms with Crippen LogP contribution in [0.5, 0.6) is 0 Å². The highest BCUT2D eigenvalue weighted by atomic mass is 15.1. The number of benzene rings is 12. The molecular formula is C73H51N. The monoisotopic (exact) mass is 941 g/mol. The van der Waals surface area contributed by atoms with E-state index in [0.717, 1.165) is 17.1 Å². The summed E-state index contributed by atoms with van der Waals surface area (Å²) in [5.74, 6) is 0. The van der Waals surface area contributed by atoms with Crippen LogP contribution in [0.4, 0.5) is 17.1 Å². The van der Waals surface area contributed by atoms with Crippen LogP contribution >= 0.6 is 0 Å². The Morgan fingerprint density at radius 3 is 1.22 bits per heavy atom. The Bertz CT molecular complexity index is 4370. The normalized spacial score (nSPS) is 15.1. The van der Waals surface area contributed by atoms with Crippen molar-refractivity contribution < 1.29 is 0 Å². The first-order valence-electron chi connectivity index (χ1n) is 26.3. The third kappa shape index (κ3) is 5.24. The molecule has 12 aromatic rings. The lowest BCUT2D eigenvalue weighted by molar-refractivity contribution is 0.660. The molecule has 0 saturated heterocycles. The van der Waals surface area contributed by atoms with Gasteiger partial charge in [-0.25, -0.2) is 0 Å². The number of rotatable bonds is 4.